The molecule has 3 rings (SSSR count). The third-order valence-corrected chi connectivity index (χ3v) is 3.69. The normalized spacial score (nSPS) is 24.6. The molecule has 0 bridgehead atoms. The second kappa shape index (κ2) is 5.02. The summed E-state index contributed by atoms with van der Waals surface area (Å²) >= 11 is 0. The molecule has 2 aliphatic heterocycles. The highest BCUT2D eigenvalue weighted by Crippen LogP contribution is 2.28. The third kappa shape index (κ3) is 2.22. The van der Waals surface area contributed by atoms with Gasteiger partial charge in [-0.05, 0) is 18.6 Å². The predicted molar refractivity (Wildman–Crippen MR) is 65.4 cm³/mol. The number of morpholine rings is 1. The van der Waals surface area contributed by atoms with Crippen LogP contribution in [0, 0.1) is 0 Å². The van der Waals surface area contributed by atoms with Gasteiger partial charge in [-0.3, -0.25) is 0 Å². The summed E-state index contributed by atoms with van der Waals surface area (Å²) in [6.45, 7) is 4.31. The van der Waals surface area contributed by atoms with Crippen molar-refractivity contribution in [3.05, 3.63) is 24.2 Å². The van der Waals surface area contributed by atoms with Gasteiger partial charge in [0.05, 0.1) is 19.5 Å². The van der Waals surface area contributed by atoms with Gasteiger partial charge in [-0.2, -0.15) is 0 Å². The molecule has 0 radical (unpaired) electrons. The van der Waals surface area contributed by atoms with Crippen LogP contribution in [0.4, 0.5) is 4.79 Å². The van der Waals surface area contributed by atoms with Crippen LogP contribution < -0.4 is 0 Å². The Morgan fingerprint density at radius 2 is 2.06 bits per heavy atom. The van der Waals surface area contributed by atoms with Crippen LogP contribution in [0.25, 0.3) is 0 Å². The molecule has 1 aromatic rings. The molecule has 1 unspecified atom stereocenters. The highest BCUT2D eigenvalue weighted by atomic mass is 16.5. The number of nitrogens with zero attached hydrogens (tertiary/aromatic N) is 2. The Morgan fingerprint density at radius 3 is 2.78 bits per heavy atom. The Hall–Kier alpha value is -1.49. The number of carbonyl (C=O) groups is 1. The second-order valence-corrected chi connectivity index (χ2v) is 4.83. The molecule has 0 aromatic carbocycles. The fourth-order valence-corrected chi connectivity index (χ4v) is 2.64. The molecule has 2 aliphatic rings. The van der Waals surface area contributed by atoms with Crippen LogP contribution in [-0.2, 0) is 4.74 Å². The molecule has 5 nitrogen and oxygen atoms in total. The van der Waals surface area contributed by atoms with Crippen molar-refractivity contribution < 1.29 is 13.9 Å². The third-order valence-electron chi connectivity index (χ3n) is 3.69. The zero-order valence-corrected chi connectivity index (χ0v) is 10.4. The zero-order valence-electron chi connectivity index (χ0n) is 10.4. The highest BCUT2D eigenvalue weighted by molar-refractivity contribution is 5.75. The molecule has 3 heterocycles. The van der Waals surface area contributed by atoms with E-state index in [0.717, 1.165) is 25.3 Å². The number of hydrogen-bond acceptors (Lipinski definition) is 3. The van der Waals surface area contributed by atoms with Crippen LogP contribution >= 0.6 is 0 Å². The van der Waals surface area contributed by atoms with Gasteiger partial charge in [0.15, 0.2) is 0 Å². The van der Waals surface area contributed by atoms with Crippen LogP contribution in [0.2, 0.25) is 0 Å². The lowest BCUT2D eigenvalue weighted by atomic mass is 10.1. The lowest BCUT2D eigenvalue weighted by molar-refractivity contribution is 0.0450. The van der Waals surface area contributed by atoms with Gasteiger partial charge in [0.25, 0.3) is 0 Å². The highest BCUT2D eigenvalue weighted by Gasteiger charge is 2.31. The Morgan fingerprint density at radius 1 is 1.22 bits per heavy atom. The Labute approximate surface area is 106 Å². The summed E-state index contributed by atoms with van der Waals surface area (Å²) in [5.74, 6) is 1.34. The molecular formula is C13H18N2O3. The molecule has 1 atom stereocenters. The Bertz CT molecular complexity index is 398. The average molecular weight is 250 g/mol. The molecule has 2 amide bonds. The standard InChI is InChI=1S/C13H18N2O3/c16-13(14-5-8-17-9-6-14)15-4-3-11(10-15)12-2-1-7-18-12/h1-2,7,11H,3-6,8-10H2. The maximum atomic E-state index is 12.3. The van der Waals surface area contributed by atoms with Crippen molar-refractivity contribution in [2.24, 2.45) is 0 Å². The number of hydrogen-bond donors (Lipinski definition) is 0. The van der Waals surface area contributed by atoms with Crippen molar-refractivity contribution in [1.82, 2.24) is 9.80 Å². The molecule has 18 heavy (non-hydrogen) atoms. The van der Waals surface area contributed by atoms with Gasteiger partial charge in [-0.15, -0.1) is 0 Å². The van der Waals surface area contributed by atoms with Gasteiger partial charge in [-0.25, -0.2) is 4.79 Å². The lowest BCUT2D eigenvalue weighted by Gasteiger charge is -2.30. The van der Waals surface area contributed by atoms with Crippen LogP contribution in [-0.4, -0.2) is 55.2 Å². The molecule has 0 spiro atoms. The van der Waals surface area contributed by atoms with Crippen molar-refractivity contribution in [2.45, 2.75) is 12.3 Å². The summed E-state index contributed by atoms with van der Waals surface area (Å²) in [7, 11) is 0. The fourth-order valence-electron chi connectivity index (χ4n) is 2.64. The van der Waals surface area contributed by atoms with E-state index in [9.17, 15) is 4.79 Å². The van der Waals surface area contributed by atoms with E-state index in [1.807, 2.05) is 21.9 Å². The minimum Gasteiger partial charge on any atom is -0.469 e. The Kier molecular flexibility index (Phi) is 3.23. The van der Waals surface area contributed by atoms with Gasteiger partial charge < -0.3 is 19.0 Å². The molecule has 2 saturated heterocycles. The number of ether oxygens (including phenoxy) is 1. The van der Waals surface area contributed by atoms with E-state index in [1.54, 1.807) is 6.26 Å². The molecule has 0 aliphatic carbocycles. The SMILES string of the molecule is O=C(N1CCOCC1)N1CCC(c2ccco2)C1. The van der Waals surface area contributed by atoms with E-state index in [1.165, 1.54) is 0 Å². The van der Waals surface area contributed by atoms with E-state index in [0.29, 0.717) is 32.2 Å². The summed E-state index contributed by atoms with van der Waals surface area (Å²) in [5, 5.41) is 0. The number of rotatable bonds is 1. The number of furan rings is 1. The number of amides is 2. The van der Waals surface area contributed by atoms with Crippen LogP contribution in [0.5, 0.6) is 0 Å². The summed E-state index contributed by atoms with van der Waals surface area (Å²) in [6.07, 6.45) is 2.69. The molecule has 98 valence electrons. The number of urea groups is 1. The predicted octanol–water partition coefficient (Wildman–Crippen LogP) is 1.52. The second-order valence-electron chi connectivity index (χ2n) is 4.83. The monoisotopic (exact) mass is 250 g/mol. The number of carbonyl (C=O) groups excluding carboxylic acids is 1. The van der Waals surface area contributed by atoms with E-state index in [-0.39, 0.29) is 6.03 Å². The van der Waals surface area contributed by atoms with Crippen molar-refractivity contribution >= 4 is 6.03 Å². The molecule has 0 saturated carbocycles. The summed E-state index contributed by atoms with van der Waals surface area (Å²) in [6, 6.07) is 4.04. The minimum absolute atomic E-state index is 0.146. The summed E-state index contributed by atoms with van der Waals surface area (Å²) < 4.78 is 10.7. The maximum Gasteiger partial charge on any atom is 0.320 e. The van der Waals surface area contributed by atoms with Crippen molar-refractivity contribution in [3.8, 4) is 0 Å². The van der Waals surface area contributed by atoms with E-state index in [4.69, 9.17) is 9.15 Å². The molecular weight excluding hydrogens is 232 g/mol. The first-order chi connectivity index (χ1) is 8.84. The van der Waals surface area contributed by atoms with Gasteiger partial charge in [0.1, 0.15) is 5.76 Å². The first-order valence-electron chi connectivity index (χ1n) is 6.49. The fraction of sp³-hybridized carbons (Fsp3) is 0.615. The molecule has 2 fully saturated rings. The molecule has 0 N–H and O–H groups in total. The van der Waals surface area contributed by atoms with Gasteiger partial charge in [0, 0.05) is 32.1 Å². The topological polar surface area (TPSA) is 45.9 Å². The van der Waals surface area contributed by atoms with E-state index >= 15 is 0 Å². The Balaban J connectivity index is 1.59. The average Bonchev–Trinajstić information content (AvgIpc) is 3.09. The van der Waals surface area contributed by atoms with Crippen molar-refractivity contribution in [1.29, 1.82) is 0 Å². The van der Waals surface area contributed by atoms with Gasteiger partial charge >= 0.3 is 6.03 Å². The molecule has 1 aromatic heterocycles. The van der Waals surface area contributed by atoms with Crippen LogP contribution in [0.3, 0.4) is 0 Å². The van der Waals surface area contributed by atoms with Crippen molar-refractivity contribution in [2.75, 3.05) is 39.4 Å². The van der Waals surface area contributed by atoms with Gasteiger partial charge in [-0.1, -0.05) is 0 Å². The lowest BCUT2D eigenvalue weighted by Crippen LogP contribution is -2.47. The summed E-state index contributed by atoms with van der Waals surface area (Å²) in [4.78, 5) is 16.1. The summed E-state index contributed by atoms with van der Waals surface area (Å²) in [5.41, 5.74) is 0. The van der Waals surface area contributed by atoms with Crippen LogP contribution in [0.15, 0.2) is 22.8 Å². The number of likely N-dealkylation sites (tertiary alicyclic amines) is 1. The first-order valence-corrected chi connectivity index (χ1v) is 6.49. The van der Waals surface area contributed by atoms with Crippen LogP contribution in [0.1, 0.15) is 18.1 Å². The quantitative estimate of drug-likeness (QED) is 0.759. The van der Waals surface area contributed by atoms with Gasteiger partial charge in [0.2, 0.25) is 0 Å². The largest absolute Gasteiger partial charge is 0.469 e. The molecule has 5 heteroatoms. The van der Waals surface area contributed by atoms with E-state index in [2.05, 4.69) is 0 Å². The smallest absolute Gasteiger partial charge is 0.320 e. The maximum absolute atomic E-state index is 12.3. The zero-order chi connectivity index (χ0) is 12.4. The first kappa shape index (κ1) is 11.6. The van der Waals surface area contributed by atoms with Crippen molar-refractivity contribution in [3.63, 3.8) is 0 Å². The van der Waals surface area contributed by atoms with E-state index < -0.39 is 0 Å². The minimum atomic E-state index is 0.146.